The van der Waals surface area contributed by atoms with Gasteiger partial charge in [-0.25, -0.2) is 9.07 Å². The van der Waals surface area contributed by atoms with Crippen LogP contribution in [0.3, 0.4) is 0 Å². The van der Waals surface area contributed by atoms with E-state index in [0.717, 1.165) is 24.8 Å². The standard InChI is InChI=1S/C33H44FN3O3/c1-20(8-17-28(38)40-4)25-15-16-26-24-14-11-22-7-5-6-18-32(22,2)29(24)30(31(39)33(25,26)3)37-19-27(35-36-37)21-9-12-23(34)13-10-21/h9-10,12-13,19-20,22,24-26,29-30H,5-8,11,14-18H2,1-4H3/t20-,22+,24?,25?,26?,29?,30+,32+,33-/m1/s1. The zero-order valence-corrected chi connectivity index (χ0v) is 24.4. The van der Waals surface area contributed by atoms with Gasteiger partial charge >= 0.3 is 5.97 Å². The summed E-state index contributed by atoms with van der Waals surface area (Å²) in [5, 5.41) is 9.12. The number of nitrogens with zero attached hydrogens (tertiary/aromatic N) is 3. The Morgan fingerprint density at radius 2 is 1.90 bits per heavy atom. The minimum atomic E-state index is -0.457. The molecule has 0 aliphatic heterocycles. The molecule has 1 heterocycles. The molecule has 4 aliphatic rings. The fourth-order valence-corrected chi connectivity index (χ4v) is 10.2. The topological polar surface area (TPSA) is 74.1 Å². The second kappa shape index (κ2) is 10.4. The monoisotopic (exact) mass is 549 g/mol. The van der Waals surface area contributed by atoms with Crippen LogP contribution in [0.15, 0.2) is 30.5 Å². The first-order chi connectivity index (χ1) is 19.2. The minimum Gasteiger partial charge on any atom is -0.469 e. The van der Waals surface area contributed by atoms with Crippen molar-refractivity contribution in [3.8, 4) is 11.3 Å². The van der Waals surface area contributed by atoms with E-state index in [2.05, 4.69) is 31.1 Å². The molecule has 4 aliphatic carbocycles. The molecular formula is C33H44FN3O3. The number of fused-ring (bicyclic) bond motifs is 5. The molecule has 1 aromatic heterocycles. The summed E-state index contributed by atoms with van der Waals surface area (Å²) < 4.78 is 20.4. The number of rotatable bonds is 6. The molecule has 1 aromatic carbocycles. The molecule has 40 heavy (non-hydrogen) atoms. The van der Waals surface area contributed by atoms with Crippen molar-refractivity contribution in [3.05, 3.63) is 36.3 Å². The van der Waals surface area contributed by atoms with Crippen LogP contribution in [0.25, 0.3) is 11.3 Å². The van der Waals surface area contributed by atoms with E-state index in [1.807, 2.05) is 10.9 Å². The van der Waals surface area contributed by atoms with E-state index >= 15 is 4.79 Å². The summed E-state index contributed by atoms with van der Waals surface area (Å²) in [4.78, 5) is 27.0. The van der Waals surface area contributed by atoms with Crippen LogP contribution < -0.4 is 0 Å². The van der Waals surface area contributed by atoms with Gasteiger partial charge in [-0.05, 0) is 110 Å². The van der Waals surface area contributed by atoms with Gasteiger partial charge in [0.2, 0.25) is 0 Å². The van der Waals surface area contributed by atoms with E-state index < -0.39 is 5.41 Å². The second-order valence-electron chi connectivity index (χ2n) is 13.8. The number of hydrogen-bond donors (Lipinski definition) is 0. The van der Waals surface area contributed by atoms with Gasteiger partial charge in [0, 0.05) is 17.4 Å². The van der Waals surface area contributed by atoms with Crippen molar-refractivity contribution in [1.82, 2.24) is 15.0 Å². The molecule has 6 rings (SSSR count). The number of halogens is 1. The highest BCUT2D eigenvalue weighted by Gasteiger charge is 2.67. The first-order valence-corrected chi connectivity index (χ1v) is 15.5. The fraction of sp³-hybridized carbons (Fsp3) is 0.697. The molecule has 4 fully saturated rings. The Bertz CT molecular complexity index is 1260. The average Bonchev–Trinajstić information content (AvgIpc) is 3.58. The summed E-state index contributed by atoms with van der Waals surface area (Å²) in [6.07, 6.45) is 12.6. The van der Waals surface area contributed by atoms with E-state index in [1.54, 1.807) is 12.1 Å². The third-order valence-corrected chi connectivity index (χ3v) is 12.2. The van der Waals surface area contributed by atoms with E-state index in [9.17, 15) is 9.18 Å². The van der Waals surface area contributed by atoms with Gasteiger partial charge in [-0.15, -0.1) is 5.10 Å². The largest absolute Gasteiger partial charge is 0.469 e. The number of Topliss-reactive ketones (excluding diaryl/α,β-unsaturated/α-hetero) is 1. The molecule has 4 unspecified atom stereocenters. The molecule has 9 atom stereocenters. The highest BCUT2D eigenvalue weighted by atomic mass is 19.1. The number of carbonyl (C=O) groups is 2. The van der Waals surface area contributed by atoms with Gasteiger partial charge in [0.1, 0.15) is 17.6 Å². The van der Waals surface area contributed by atoms with Crippen molar-refractivity contribution < 1.29 is 18.7 Å². The maximum absolute atomic E-state index is 15.1. The number of hydrogen-bond acceptors (Lipinski definition) is 5. The Hall–Kier alpha value is -2.57. The van der Waals surface area contributed by atoms with Crippen LogP contribution in [0.2, 0.25) is 0 Å². The zero-order valence-electron chi connectivity index (χ0n) is 24.4. The Labute approximate surface area is 237 Å². The number of carbonyl (C=O) groups excluding carboxylic acids is 2. The predicted molar refractivity (Wildman–Crippen MR) is 150 cm³/mol. The summed E-state index contributed by atoms with van der Waals surface area (Å²) >= 11 is 0. The molecular weight excluding hydrogens is 505 g/mol. The minimum absolute atomic E-state index is 0.111. The van der Waals surface area contributed by atoms with Crippen LogP contribution >= 0.6 is 0 Å². The van der Waals surface area contributed by atoms with Crippen LogP contribution in [-0.2, 0) is 14.3 Å². The van der Waals surface area contributed by atoms with Gasteiger partial charge in [0.15, 0.2) is 5.78 Å². The molecule has 0 N–H and O–H groups in total. The Morgan fingerprint density at radius 1 is 1.12 bits per heavy atom. The Morgan fingerprint density at radius 3 is 2.65 bits per heavy atom. The summed E-state index contributed by atoms with van der Waals surface area (Å²) in [7, 11) is 1.44. The van der Waals surface area contributed by atoms with Crippen molar-refractivity contribution in [1.29, 1.82) is 0 Å². The molecule has 216 valence electrons. The van der Waals surface area contributed by atoms with E-state index in [0.29, 0.717) is 35.7 Å². The van der Waals surface area contributed by atoms with E-state index in [1.165, 1.54) is 57.8 Å². The molecule has 0 radical (unpaired) electrons. The number of ketones is 1. The smallest absolute Gasteiger partial charge is 0.305 e. The first kappa shape index (κ1) is 27.6. The Balaban J connectivity index is 1.41. The van der Waals surface area contributed by atoms with Crippen LogP contribution in [0.4, 0.5) is 4.39 Å². The number of aromatic nitrogens is 3. The number of esters is 1. The normalized spacial score (nSPS) is 37.8. The lowest BCUT2D eigenvalue weighted by atomic mass is 9.43. The number of ether oxygens (including phenoxy) is 1. The van der Waals surface area contributed by atoms with Gasteiger partial charge in [-0.3, -0.25) is 9.59 Å². The summed E-state index contributed by atoms with van der Waals surface area (Å²) in [5.74, 6) is 2.07. The lowest BCUT2D eigenvalue weighted by Crippen LogP contribution is -2.61. The third kappa shape index (κ3) is 4.25. The quantitative estimate of drug-likeness (QED) is 0.361. The highest BCUT2D eigenvalue weighted by molar-refractivity contribution is 5.90. The average molecular weight is 550 g/mol. The van der Waals surface area contributed by atoms with Crippen LogP contribution in [0.1, 0.15) is 91.0 Å². The lowest BCUT2D eigenvalue weighted by Gasteiger charge is -2.62. The zero-order chi connectivity index (χ0) is 28.2. The maximum Gasteiger partial charge on any atom is 0.305 e. The van der Waals surface area contributed by atoms with E-state index in [-0.39, 0.29) is 41.0 Å². The van der Waals surface area contributed by atoms with Crippen molar-refractivity contribution in [3.63, 3.8) is 0 Å². The van der Waals surface area contributed by atoms with Gasteiger partial charge in [-0.1, -0.05) is 38.8 Å². The number of methoxy groups -OCH3 is 1. The molecule has 4 saturated carbocycles. The SMILES string of the molecule is COC(=O)CC[C@@H](C)C1CCC2C3CC[C@@H]4CCCC[C@]4(C)C3[C@H](n3cc(-c4ccc(F)cc4)nn3)C(=O)[C@@]21C. The van der Waals surface area contributed by atoms with Crippen LogP contribution in [0, 0.1) is 52.2 Å². The summed E-state index contributed by atoms with van der Waals surface area (Å²) in [5.41, 5.74) is 1.13. The van der Waals surface area contributed by atoms with Gasteiger partial charge < -0.3 is 4.74 Å². The molecule has 0 spiro atoms. The van der Waals surface area contributed by atoms with Gasteiger partial charge in [0.05, 0.1) is 13.3 Å². The maximum atomic E-state index is 15.1. The lowest BCUT2D eigenvalue weighted by molar-refractivity contribution is -0.170. The molecule has 0 bridgehead atoms. The third-order valence-electron chi connectivity index (χ3n) is 12.2. The molecule has 0 amide bonds. The molecule has 0 saturated heterocycles. The van der Waals surface area contributed by atoms with Crippen molar-refractivity contribution in [2.24, 2.45) is 46.3 Å². The van der Waals surface area contributed by atoms with Crippen LogP contribution in [0.5, 0.6) is 0 Å². The van der Waals surface area contributed by atoms with Gasteiger partial charge in [-0.2, -0.15) is 0 Å². The second-order valence-corrected chi connectivity index (χ2v) is 13.8. The molecule has 2 aromatic rings. The Kier molecular flexibility index (Phi) is 7.15. The molecule has 6 nitrogen and oxygen atoms in total. The fourth-order valence-electron chi connectivity index (χ4n) is 10.2. The molecule has 7 heteroatoms. The number of benzene rings is 1. The van der Waals surface area contributed by atoms with Crippen molar-refractivity contribution in [2.45, 2.75) is 91.0 Å². The highest BCUT2D eigenvalue weighted by Crippen LogP contribution is 2.69. The summed E-state index contributed by atoms with van der Waals surface area (Å²) in [6.45, 7) is 6.93. The van der Waals surface area contributed by atoms with Gasteiger partial charge in [0.25, 0.3) is 0 Å². The van der Waals surface area contributed by atoms with Crippen LogP contribution in [-0.4, -0.2) is 33.9 Å². The summed E-state index contributed by atoms with van der Waals surface area (Å²) in [6, 6.07) is 5.97. The van der Waals surface area contributed by atoms with Crippen molar-refractivity contribution >= 4 is 11.8 Å². The van der Waals surface area contributed by atoms with E-state index in [4.69, 9.17) is 4.74 Å². The van der Waals surface area contributed by atoms with Crippen molar-refractivity contribution in [2.75, 3.05) is 7.11 Å². The first-order valence-electron chi connectivity index (χ1n) is 15.5. The predicted octanol–water partition coefficient (Wildman–Crippen LogP) is 7.05.